The number of benzene rings is 1. The molecule has 0 fully saturated rings. The summed E-state index contributed by atoms with van der Waals surface area (Å²) in [5, 5.41) is 14.3. The second-order valence-corrected chi connectivity index (χ2v) is 6.00. The molecule has 0 amide bonds. The summed E-state index contributed by atoms with van der Waals surface area (Å²) in [5.41, 5.74) is 2.20. The van der Waals surface area contributed by atoms with Crippen molar-refractivity contribution in [1.82, 2.24) is 5.32 Å². The van der Waals surface area contributed by atoms with Gasteiger partial charge in [0, 0.05) is 12.6 Å². The fourth-order valence-electron chi connectivity index (χ4n) is 1.79. The zero-order valence-corrected chi connectivity index (χ0v) is 13.7. The van der Waals surface area contributed by atoms with Crippen molar-refractivity contribution in [2.24, 2.45) is 5.92 Å². The summed E-state index contributed by atoms with van der Waals surface area (Å²) in [6.45, 7) is 8.22. The summed E-state index contributed by atoms with van der Waals surface area (Å²) in [7, 11) is 0. The molecule has 0 saturated heterocycles. The van der Waals surface area contributed by atoms with Gasteiger partial charge in [-0.3, -0.25) is 10.1 Å². The summed E-state index contributed by atoms with van der Waals surface area (Å²) in [5.74, 6) is 0.613. The number of nitrogens with one attached hydrogen (secondary N) is 1. The van der Waals surface area contributed by atoms with Gasteiger partial charge in [0.05, 0.1) is 9.40 Å². The zero-order chi connectivity index (χ0) is 15.1. The maximum Gasteiger partial charge on any atom is 0.284 e. The first-order valence-electron chi connectivity index (χ1n) is 6.78. The molecule has 0 aliphatic carbocycles. The van der Waals surface area contributed by atoms with Crippen molar-refractivity contribution >= 4 is 27.7 Å². The van der Waals surface area contributed by atoms with Crippen molar-refractivity contribution in [2.45, 2.75) is 27.2 Å². The minimum atomic E-state index is -0.371. The van der Waals surface area contributed by atoms with Gasteiger partial charge in [0.1, 0.15) is 0 Å². The second kappa shape index (κ2) is 8.17. The standard InChI is InChI=1S/C15H21BrN2O2/c1-4-12(10-17-9-11(2)3)7-13-5-6-14(16)15(8-13)18(19)20/h5-8,11,17H,4,9-10H2,1-3H3. The van der Waals surface area contributed by atoms with Crippen LogP contribution >= 0.6 is 15.9 Å². The monoisotopic (exact) mass is 340 g/mol. The van der Waals surface area contributed by atoms with E-state index in [1.165, 1.54) is 5.57 Å². The van der Waals surface area contributed by atoms with E-state index < -0.39 is 0 Å². The maximum atomic E-state index is 10.9. The molecule has 0 atom stereocenters. The van der Waals surface area contributed by atoms with Gasteiger partial charge in [-0.05, 0) is 46.4 Å². The summed E-state index contributed by atoms with van der Waals surface area (Å²) in [4.78, 5) is 10.5. The Balaban J connectivity index is 2.84. The molecule has 0 bridgehead atoms. The smallest absolute Gasteiger partial charge is 0.284 e. The SMILES string of the molecule is CCC(=Cc1ccc(Br)c([N+](=O)[O-])c1)CNCC(C)C. The number of nitro groups is 1. The molecule has 0 heterocycles. The molecule has 1 aromatic rings. The molecule has 1 N–H and O–H groups in total. The zero-order valence-electron chi connectivity index (χ0n) is 12.1. The third-order valence-electron chi connectivity index (χ3n) is 2.90. The van der Waals surface area contributed by atoms with E-state index in [0.717, 1.165) is 25.1 Å². The van der Waals surface area contributed by atoms with Crippen molar-refractivity contribution in [3.63, 3.8) is 0 Å². The van der Waals surface area contributed by atoms with Crippen LogP contribution in [0.1, 0.15) is 32.8 Å². The van der Waals surface area contributed by atoms with Crippen LogP contribution in [0.15, 0.2) is 28.2 Å². The van der Waals surface area contributed by atoms with Crippen molar-refractivity contribution in [1.29, 1.82) is 0 Å². The van der Waals surface area contributed by atoms with Crippen molar-refractivity contribution in [3.8, 4) is 0 Å². The number of rotatable bonds is 7. The van der Waals surface area contributed by atoms with Gasteiger partial charge in [0.25, 0.3) is 5.69 Å². The van der Waals surface area contributed by atoms with Crippen LogP contribution in [-0.2, 0) is 0 Å². The van der Waals surface area contributed by atoms with Crippen LogP contribution in [0, 0.1) is 16.0 Å². The van der Waals surface area contributed by atoms with Crippen molar-refractivity contribution in [3.05, 3.63) is 43.9 Å². The first-order chi connectivity index (χ1) is 9.43. The molecule has 1 aromatic carbocycles. The lowest BCUT2D eigenvalue weighted by molar-refractivity contribution is -0.385. The topological polar surface area (TPSA) is 55.2 Å². The van der Waals surface area contributed by atoms with Gasteiger partial charge in [-0.2, -0.15) is 0 Å². The molecule has 110 valence electrons. The van der Waals surface area contributed by atoms with E-state index in [0.29, 0.717) is 10.4 Å². The number of nitro benzene ring substituents is 1. The first-order valence-corrected chi connectivity index (χ1v) is 7.57. The third-order valence-corrected chi connectivity index (χ3v) is 3.57. The second-order valence-electron chi connectivity index (χ2n) is 5.15. The molecule has 20 heavy (non-hydrogen) atoms. The molecule has 0 spiro atoms. The third kappa shape index (κ3) is 5.43. The van der Waals surface area contributed by atoms with E-state index in [1.54, 1.807) is 12.1 Å². The lowest BCUT2D eigenvalue weighted by Crippen LogP contribution is -2.21. The van der Waals surface area contributed by atoms with Gasteiger partial charge >= 0.3 is 0 Å². The Bertz CT molecular complexity index is 499. The fraction of sp³-hybridized carbons (Fsp3) is 0.467. The molecule has 5 heteroatoms. The highest BCUT2D eigenvalue weighted by Crippen LogP contribution is 2.26. The predicted molar refractivity (Wildman–Crippen MR) is 86.8 cm³/mol. The van der Waals surface area contributed by atoms with Crippen molar-refractivity contribution in [2.75, 3.05) is 13.1 Å². The number of nitrogens with zero attached hydrogens (tertiary/aromatic N) is 1. The van der Waals surface area contributed by atoms with Gasteiger partial charge in [0.15, 0.2) is 0 Å². The Morgan fingerprint density at radius 2 is 2.20 bits per heavy atom. The quantitative estimate of drug-likeness (QED) is 0.591. The van der Waals surface area contributed by atoms with Gasteiger partial charge in [-0.1, -0.05) is 38.5 Å². The fourth-order valence-corrected chi connectivity index (χ4v) is 2.19. The molecule has 0 saturated carbocycles. The van der Waals surface area contributed by atoms with Crippen LogP contribution in [0.4, 0.5) is 5.69 Å². The lowest BCUT2D eigenvalue weighted by atomic mass is 10.1. The molecule has 0 radical (unpaired) electrons. The predicted octanol–water partition coefficient (Wildman–Crippen LogP) is 4.40. The Morgan fingerprint density at radius 3 is 2.75 bits per heavy atom. The van der Waals surface area contributed by atoms with Crippen LogP contribution in [0.5, 0.6) is 0 Å². The Hall–Kier alpha value is -1.20. The number of hydrogen-bond donors (Lipinski definition) is 1. The highest BCUT2D eigenvalue weighted by Gasteiger charge is 2.11. The molecule has 4 nitrogen and oxygen atoms in total. The molecular formula is C15H21BrN2O2. The van der Waals surface area contributed by atoms with Gasteiger partial charge in [-0.15, -0.1) is 0 Å². The van der Waals surface area contributed by atoms with Crippen LogP contribution in [0.25, 0.3) is 6.08 Å². The highest BCUT2D eigenvalue weighted by molar-refractivity contribution is 9.10. The lowest BCUT2D eigenvalue weighted by Gasteiger charge is -2.09. The average molecular weight is 341 g/mol. The highest BCUT2D eigenvalue weighted by atomic mass is 79.9. The van der Waals surface area contributed by atoms with E-state index >= 15 is 0 Å². The van der Waals surface area contributed by atoms with Gasteiger partial charge in [-0.25, -0.2) is 0 Å². The van der Waals surface area contributed by atoms with Crippen LogP contribution in [-0.4, -0.2) is 18.0 Å². The Kier molecular flexibility index (Phi) is 6.88. The molecule has 0 aliphatic rings. The largest absolute Gasteiger partial charge is 0.313 e. The van der Waals surface area contributed by atoms with Crippen LogP contribution < -0.4 is 5.32 Å². The molecule has 1 rings (SSSR count). The van der Waals surface area contributed by atoms with E-state index in [4.69, 9.17) is 0 Å². The molecule has 0 unspecified atom stereocenters. The summed E-state index contributed by atoms with van der Waals surface area (Å²) >= 11 is 3.20. The van der Waals surface area contributed by atoms with Crippen LogP contribution in [0.3, 0.4) is 0 Å². The van der Waals surface area contributed by atoms with Crippen molar-refractivity contribution < 1.29 is 4.92 Å². The number of halogens is 1. The molecule has 0 aliphatic heterocycles. The maximum absolute atomic E-state index is 10.9. The first kappa shape index (κ1) is 16.9. The minimum absolute atomic E-state index is 0.101. The van der Waals surface area contributed by atoms with E-state index in [9.17, 15) is 10.1 Å². The number of hydrogen-bond acceptors (Lipinski definition) is 3. The van der Waals surface area contributed by atoms with E-state index in [1.807, 2.05) is 12.1 Å². The Morgan fingerprint density at radius 1 is 1.50 bits per heavy atom. The summed E-state index contributed by atoms with van der Waals surface area (Å²) in [6, 6.07) is 5.20. The Labute approximate surface area is 128 Å². The van der Waals surface area contributed by atoms with E-state index in [-0.39, 0.29) is 10.6 Å². The van der Waals surface area contributed by atoms with Gasteiger partial charge in [0.2, 0.25) is 0 Å². The average Bonchev–Trinajstić information content (AvgIpc) is 2.38. The van der Waals surface area contributed by atoms with Crippen LogP contribution in [0.2, 0.25) is 0 Å². The summed E-state index contributed by atoms with van der Waals surface area (Å²) < 4.78 is 0.510. The van der Waals surface area contributed by atoms with Gasteiger partial charge < -0.3 is 5.32 Å². The molecular weight excluding hydrogens is 320 g/mol. The summed E-state index contributed by atoms with van der Waals surface area (Å²) in [6.07, 6.45) is 2.95. The van der Waals surface area contributed by atoms with E-state index in [2.05, 4.69) is 42.0 Å². The molecule has 0 aromatic heterocycles. The minimum Gasteiger partial charge on any atom is -0.313 e. The normalized spacial score (nSPS) is 11.9.